The number of nitrogen functional groups attached to an aromatic ring is 1. The average Bonchev–Trinajstić information content (AvgIpc) is 1.88. The zero-order chi connectivity index (χ0) is 7.56. The van der Waals surface area contributed by atoms with Crippen molar-refractivity contribution in [2.24, 2.45) is 0 Å². The van der Waals surface area contributed by atoms with E-state index in [-0.39, 0.29) is 0 Å². The number of anilines is 1. The van der Waals surface area contributed by atoms with Gasteiger partial charge in [0, 0.05) is 6.20 Å². The minimum Gasteiger partial charge on any atom is -0.480 e. The van der Waals surface area contributed by atoms with Crippen LogP contribution in [0.1, 0.15) is 0 Å². The van der Waals surface area contributed by atoms with E-state index in [1.165, 1.54) is 13.3 Å². The molecule has 10 heavy (non-hydrogen) atoms. The summed E-state index contributed by atoms with van der Waals surface area (Å²) in [6.07, 6.45) is 1.48. The van der Waals surface area contributed by atoms with E-state index in [1.807, 2.05) is 0 Å². The van der Waals surface area contributed by atoms with E-state index in [4.69, 9.17) is 22.1 Å². The maximum atomic E-state index is 5.58. The number of hydrogen-bond donors (Lipinski definition) is 1. The van der Waals surface area contributed by atoms with Gasteiger partial charge >= 0.3 is 0 Å². The Morgan fingerprint density at radius 1 is 1.70 bits per heavy atom. The first-order valence-corrected chi connectivity index (χ1v) is 3.07. The third kappa shape index (κ3) is 1.30. The van der Waals surface area contributed by atoms with E-state index in [0.29, 0.717) is 16.6 Å². The molecule has 0 fully saturated rings. The first kappa shape index (κ1) is 7.15. The fraction of sp³-hybridized carbons (Fsp3) is 0.167. The van der Waals surface area contributed by atoms with Crippen molar-refractivity contribution >= 4 is 17.3 Å². The van der Waals surface area contributed by atoms with E-state index < -0.39 is 0 Å². The molecule has 0 amide bonds. The van der Waals surface area contributed by atoms with E-state index in [0.717, 1.165) is 0 Å². The van der Waals surface area contributed by atoms with E-state index in [2.05, 4.69) is 4.98 Å². The molecule has 0 aliphatic carbocycles. The van der Waals surface area contributed by atoms with Crippen molar-refractivity contribution in [2.75, 3.05) is 12.8 Å². The molecule has 0 saturated carbocycles. The Morgan fingerprint density at radius 2 is 2.40 bits per heavy atom. The first-order valence-electron chi connectivity index (χ1n) is 2.69. The first-order chi connectivity index (χ1) is 4.74. The molecule has 1 rings (SSSR count). The van der Waals surface area contributed by atoms with E-state index in [9.17, 15) is 0 Å². The summed E-state index contributed by atoms with van der Waals surface area (Å²) in [4.78, 5) is 3.82. The molecule has 3 nitrogen and oxygen atoms in total. The summed E-state index contributed by atoms with van der Waals surface area (Å²) in [5.74, 6) is 0.407. The lowest BCUT2D eigenvalue weighted by Crippen LogP contribution is -1.94. The smallest absolute Gasteiger partial charge is 0.236 e. The number of nitrogens with zero attached hydrogens (tertiary/aromatic N) is 1. The van der Waals surface area contributed by atoms with Gasteiger partial charge in [0.2, 0.25) is 5.88 Å². The van der Waals surface area contributed by atoms with Crippen molar-refractivity contribution < 1.29 is 4.74 Å². The number of halogens is 1. The summed E-state index contributed by atoms with van der Waals surface area (Å²) >= 11 is 5.58. The van der Waals surface area contributed by atoms with Gasteiger partial charge < -0.3 is 10.5 Å². The van der Waals surface area contributed by atoms with Crippen molar-refractivity contribution in [3.8, 4) is 5.88 Å². The predicted octanol–water partition coefficient (Wildman–Crippen LogP) is 1.33. The van der Waals surface area contributed by atoms with Gasteiger partial charge in [0.15, 0.2) is 0 Å². The lowest BCUT2D eigenvalue weighted by atomic mass is 10.4. The summed E-state index contributed by atoms with van der Waals surface area (Å²) in [6.45, 7) is 0. The predicted molar refractivity (Wildman–Crippen MR) is 40.2 cm³/mol. The van der Waals surface area contributed by atoms with Gasteiger partial charge in [-0.25, -0.2) is 4.98 Å². The van der Waals surface area contributed by atoms with Gasteiger partial charge in [0.25, 0.3) is 0 Å². The molecule has 0 aromatic carbocycles. The fourth-order valence-corrected chi connectivity index (χ4v) is 0.779. The molecule has 0 radical (unpaired) electrons. The normalized spacial score (nSPS) is 9.40. The molecule has 1 aromatic rings. The van der Waals surface area contributed by atoms with Gasteiger partial charge in [0.05, 0.1) is 17.8 Å². The van der Waals surface area contributed by atoms with E-state index in [1.54, 1.807) is 6.07 Å². The molecule has 1 aromatic heterocycles. The molecule has 0 bridgehead atoms. The maximum Gasteiger partial charge on any atom is 0.236 e. The molecule has 0 unspecified atom stereocenters. The zero-order valence-corrected chi connectivity index (χ0v) is 6.22. The van der Waals surface area contributed by atoms with Gasteiger partial charge in [-0.1, -0.05) is 11.6 Å². The summed E-state index contributed by atoms with van der Waals surface area (Å²) in [6, 6.07) is 1.59. The molecule has 0 saturated heterocycles. The molecular weight excluding hydrogens is 152 g/mol. The van der Waals surface area contributed by atoms with Crippen LogP contribution in [-0.2, 0) is 0 Å². The Kier molecular flexibility index (Phi) is 1.97. The van der Waals surface area contributed by atoms with Crippen LogP contribution in [0.25, 0.3) is 0 Å². The Labute approximate surface area is 63.8 Å². The van der Waals surface area contributed by atoms with Crippen molar-refractivity contribution in [1.82, 2.24) is 4.98 Å². The average molecular weight is 159 g/mol. The van der Waals surface area contributed by atoms with Gasteiger partial charge in [-0.05, 0) is 6.07 Å². The van der Waals surface area contributed by atoms with E-state index >= 15 is 0 Å². The molecule has 1 heterocycles. The SMILES string of the molecule is COc1ncc(Cl)cc1N. The maximum absolute atomic E-state index is 5.58. The monoisotopic (exact) mass is 158 g/mol. The van der Waals surface area contributed by atoms with Crippen LogP contribution in [0.5, 0.6) is 5.88 Å². The number of pyridine rings is 1. The Hall–Kier alpha value is -0.960. The minimum atomic E-state index is 0.407. The van der Waals surface area contributed by atoms with Crippen molar-refractivity contribution in [3.63, 3.8) is 0 Å². The van der Waals surface area contributed by atoms with Crippen LogP contribution in [0.15, 0.2) is 12.3 Å². The second-order valence-electron chi connectivity index (χ2n) is 1.75. The number of ether oxygens (including phenoxy) is 1. The number of methoxy groups -OCH3 is 1. The molecule has 0 aliphatic heterocycles. The molecule has 2 N–H and O–H groups in total. The third-order valence-electron chi connectivity index (χ3n) is 1.04. The Balaban J connectivity index is 3.07. The number of nitrogens with two attached hydrogens (primary N) is 1. The summed E-state index contributed by atoms with van der Waals surface area (Å²) in [7, 11) is 1.51. The van der Waals surface area contributed by atoms with Gasteiger partial charge in [0.1, 0.15) is 0 Å². The highest BCUT2D eigenvalue weighted by Crippen LogP contribution is 2.20. The van der Waals surface area contributed by atoms with Crippen LogP contribution >= 0.6 is 11.6 Å². The molecule has 0 atom stereocenters. The highest BCUT2D eigenvalue weighted by Gasteiger charge is 1.98. The van der Waals surface area contributed by atoms with Gasteiger partial charge in [-0.3, -0.25) is 0 Å². The van der Waals surface area contributed by atoms with Gasteiger partial charge in [-0.2, -0.15) is 0 Å². The van der Waals surface area contributed by atoms with Crippen LogP contribution in [0.3, 0.4) is 0 Å². The van der Waals surface area contributed by atoms with Gasteiger partial charge in [-0.15, -0.1) is 0 Å². The van der Waals surface area contributed by atoms with Crippen LogP contribution in [0.2, 0.25) is 5.02 Å². The lowest BCUT2D eigenvalue weighted by molar-refractivity contribution is 0.400. The van der Waals surface area contributed by atoms with Crippen LogP contribution < -0.4 is 10.5 Å². The molecule has 54 valence electrons. The second kappa shape index (κ2) is 2.75. The number of rotatable bonds is 1. The van der Waals surface area contributed by atoms with Crippen LogP contribution in [-0.4, -0.2) is 12.1 Å². The zero-order valence-electron chi connectivity index (χ0n) is 5.47. The largest absolute Gasteiger partial charge is 0.480 e. The van der Waals surface area contributed by atoms with Crippen molar-refractivity contribution in [1.29, 1.82) is 0 Å². The highest BCUT2D eigenvalue weighted by molar-refractivity contribution is 6.30. The van der Waals surface area contributed by atoms with Crippen LogP contribution in [0, 0.1) is 0 Å². The minimum absolute atomic E-state index is 0.407. The van der Waals surface area contributed by atoms with Crippen LogP contribution in [0.4, 0.5) is 5.69 Å². The highest BCUT2D eigenvalue weighted by atomic mass is 35.5. The summed E-state index contributed by atoms with van der Waals surface area (Å²) in [5, 5.41) is 0.512. The fourth-order valence-electron chi connectivity index (χ4n) is 0.613. The molecule has 0 aliphatic rings. The Bertz CT molecular complexity index is 239. The number of hydrogen-bond acceptors (Lipinski definition) is 3. The molecule has 0 spiro atoms. The number of aromatic nitrogens is 1. The summed E-state index contributed by atoms with van der Waals surface area (Å²) < 4.78 is 4.81. The van der Waals surface area contributed by atoms with Crippen molar-refractivity contribution in [2.45, 2.75) is 0 Å². The second-order valence-corrected chi connectivity index (χ2v) is 2.19. The summed E-state index contributed by atoms with van der Waals surface area (Å²) in [5.41, 5.74) is 5.91. The molecule has 4 heteroatoms. The van der Waals surface area contributed by atoms with Crippen molar-refractivity contribution in [3.05, 3.63) is 17.3 Å². The molecular formula is C6H7ClN2O. The quantitative estimate of drug-likeness (QED) is 0.671. The lowest BCUT2D eigenvalue weighted by Gasteiger charge is -2.00. The standard InChI is InChI=1S/C6H7ClN2O/c1-10-6-5(8)2-4(7)3-9-6/h2-3H,8H2,1H3. The third-order valence-corrected chi connectivity index (χ3v) is 1.25. The topological polar surface area (TPSA) is 48.1 Å². The Morgan fingerprint density at radius 3 is 2.90 bits per heavy atom.